The maximum Gasteiger partial charge on any atom is 0.232 e. The van der Waals surface area contributed by atoms with Gasteiger partial charge in [0.1, 0.15) is 5.82 Å². The van der Waals surface area contributed by atoms with Crippen LogP contribution in [0.4, 0.5) is 17.6 Å². The van der Waals surface area contributed by atoms with Gasteiger partial charge in [-0.1, -0.05) is 18.2 Å². The zero-order valence-corrected chi connectivity index (χ0v) is 9.87. The number of nitrogen functional groups attached to an aromatic ring is 1. The standard InChI is InChI=1S/C12H15N5O/c13-11-15-10(7-4-8-18)16-12(17-11)14-9-5-2-1-3-6-9/h1-3,5-6,18H,4,7-8H2,(H3,13,14,15,16,17). The molecular formula is C12H15N5O. The van der Waals surface area contributed by atoms with Crippen molar-refractivity contribution in [2.45, 2.75) is 12.8 Å². The predicted molar refractivity (Wildman–Crippen MR) is 69.4 cm³/mol. The Morgan fingerprint density at radius 2 is 1.89 bits per heavy atom. The van der Waals surface area contributed by atoms with Gasteiger partial charge in [-0.3, -0.25) is 0 Å². The average Bonchev–Trinajstić information content (AvgIpc) is 2.37. The van der Waals surface area contributed by atoms with Crippen molar-refractivity contribution in [3.05, 3.63) is 36.2 Å². The molecule has 94 valence electrons. The first-order valence-electron chi connectivity index (χ1n) is 5.71. The molecule has 6 heteroatoms. The van der Waals surface area contributed by atoms with Crippen molar-refractivity contribution in [1.29, 1.82) is 0 Å². The van der Waals surface area contributed by atoms with E-state index in [0.717, 1.165) is 5.69 Å². The molecule has 2 aromatic rings. The molecule has 0 aliphatic rings. The Hall–Kier alpha value is -2.21. The minimum atomic E-state index is 0.104. The molecule has 1 aromatic heterocycles. The average molecular weight is 245 g/mol. The molecule has 0 amide bonds. The van der Waals surface area contributed by atoms with E-state index in [2.05, 4.69) is 20.3 Å². The first-order chi connectivity index (χ1) is 8.78. The van der Waals surface area contributed by atoms with Crippen LogP contribution < -0.4 is 11.1 Å². The summed E-state index contributed by atoms with van der Waals surface area (Å²) in [6.07, 6.45) is 1.18. The van der Waals surface area contributed by atoms with Crippen LogP contribution >= 0.6 is 0 Å². The number of aromatic nitrogens is 3. The second-order valence-electron chi connectivity index (χ2n) is 3.75. The lowest BCUT2D eigenvalue weighted by atomic mass is 10.3. The number of para-hydroxylation sites is 1. The summed E-state index contributed by atoms with van der Waals surface area (Å²) in [6, 6.07) is 9.58. The van der Waals surface area contributed by atoms with Crippen LogP contribution in [0.15, 0.2) is 30.3 Å². The van der Waals surface area contributed by atoms with Crippen LogP contribution in [0.5, 0.6) is 0 Å². The molecule has 0 saturated heterocycles. The van der Waals surface area contributed by atoms with Crippen molar-refractivity contribution >= 4 is 17.6 Å². The third-order valence-electron chi connectivity index (χ3n) is 2.29. The van der Waals surface area contributed by atoms with Gasteiger partial charge in [0.15, 0.2) is 0 Å². The molecule has 0 spiro atoms. The number of anilines is 3. The summed E-state index contributed by atoms with van der Waals surface area (Å²) in [7, 11) is 0. The van der Waals surface area contributed by atoms with E-state index in [1.165, 1.54) is 0 Å². The normalized spacial score (nSPS) is 10.3. The van der Waals surface area contributed by atoms with Crippen LogP contribution in [0.1, 0.15) is 12.2 Å². The van der Waals surface area contributed by atoms with Crippen molar-refractivity contribution in [3.8, 4) is 0 Å². The Morgan fingerprint density at radius 3 is 2.61 bits per heavy atom. The predicted octanol–water partition coefficient (Wildman–Crippen LogP) is 1.12. The molecule has 2 rings (SSSR count). The molecular weight excluding hydrogens is 230 g/mol. The molecule has 1 heterocycles. The minimum Gasteiger partial charge on any atom is -0.396 e. The highest BCUT2D eigenvalue weighted by molar-refractivity contribution is 5.53. The highest BCUT2D eigenvalue weighted by atomic mass is 16.2. The molecule has 0 bridgehead atoms. The number of hydrogen-bond donors (Lipinski definition) is 3. The summed E-state index contributed by atoms with van der Waals surface area (Å²) in [5.41, 5.74) is 6.51. The first-order valence-corrected chi connectivity index (χ1v) is 5.71. The van der Waals surface area contributed by atoms with Gasteiger partial charge in [0.05, 0.1) is 0 Å². The topological polar surface area (TPSA) is 97.0 Å². The molecule has 6 nitrogen and oxygen atoms in total. The Labute approximate surface area is 105 Å². The molecule has 0 atom stereocenters. The van der Waals surface area contributed by atoms with Crippen LogP contribution in [-0.4, -0.2) is 26.7 Å². The van der Waals surface area contributed by atoms with Crippen molar-refractivity contribution in [2.75, 3.05) is 17.7 Å². The largest absolute Gasteiger partial charge is 0.396 e. The fourth-order valence-electron chi connectivity index (χ4n) is 1.49. The first kappa shape index (κ1) is 12.3. The van der Waals surface area contributed by atoms with Gasteiger partial charge >= 0.3 is 0 Å². The van der Waals surface area contributed by atoms with Crippen molar-refractivity contribution < 1.29 is 5.11 Å². The molecule has 1 aromatic carbocycles. The summed E-state index contributed by atoms with van der Waals surface area (Å²) >= 11 is 0. The SMILES string of the molecule is Nc1nc(CCCO)nc(Nc2ccccc2)n1. The second kappa shape index (κ2) is 5.92. The molecule has 0 unspecified atom stereocenters. The number of aliphatic hydroxyl groups is 1. The maximum absolute atomic E-state index is 8.78. The molecule has 0 aliphatic heterocycles. The number of nitrogens with one attached hydrogen (secondary N) is 1. The minimum absolute atomic E-state index is 0.104. The molecule has 0 fully saturated rings. The summed E-state index contributed by atoms with van der Waals surface area (Å²) in [5, 5.41) is 11.8. The summed E-state index contributed by atoms with van der Waals surface area (Å²) in [4.78, 5) is 12.3. The van der Waals surface area contributed by atoms with Gasteiger partial charge in [-0.15, -0.1) is 0 Å². The fraction of sp³-hybridized carbons (Fsp3) is 0.250. The number of nitrogens with zero attached hydrogens (tertiary/aromatic N) is 3. The number of benzene rings is 1. The fourth-order valence-corrected chi connectivity index (χ4v) is 1.49. The molecule has 0 radical (unpaired) electrons. The smallest absolute Gasteiger partial charge is 0.232 e. The zero-order chi connectivity index (χ0) is 12.8. The Morgan fingerprint density at radius 1 is 1.11 bits per heavy atom. The van der Waals surface area contributed by atoms with Crippen molar-refractivity contribution in [1.82, 2.24) is 15.0 Å². The van der Waals surface area contributed by atoms with E-state index in [9.17, 15) is 0 Å². The van der Waals surface area contributed by atoms with E-state index in [-0.39, 0.29) is 12.6 Å². The van der Waals surface area contributed by atoms with Crippen LogP contribution in [0.2, 0.25) is 0 Å². The number of nitrogens with two attached hydrogens (primary N) is 1. The van der Waals surface area contributed by atoms with Crippen LogP contribution in [0.3, 0.4) is 0 Å². The monoisotopic (exact) mass is 245 g/mol. The summed E-state index contributed by atoms with van der Waals surface area (Å²) in [5.74, 6) is 1.17. The lowest BCUT2D eigenvalue weighted by molar-refractivity contribution is 0.287. The van der Waals surface area contributed by atoms with Gasteiger partial charge in [-0.25, -0.2) is 0 Å². The number of aryl methyl sites for hydroxylation is 1. The van der Waals surface area contributed by atoms with Gasteiger partial charge in [0.2, 0.25) is 11.9 Å². The lowest BCUT2D eigenvalue weighted by Gasteiger charge is -2.06. The second-order valence-corrected chi connectivity index (χ2v) is 3.75. The van der Waals surface area contributed by atoms with Gasteiger partial charge in [-0.2, -0.15) is 15.0 Å². The van der Waals surface area contributed by atoms with Crippen LogP contribution in [0, 0.1) is 0 Å². The van der Waals surface area contributed by atoms with Gasteiger partial charge in [0.25, 0.3) is 0 Å². The number of hydrogen-bond acceptors (Lipinski definition) is 6. The van der Waals surface area contributed by atoms with E-state index in [0.29, 0.717) is 24.6 Å². The number of aliphatic hydroxyl groups excluding tert-OH is 1. The van der Waals surface area contributed by atoms with E-state index in [1.807, 2.05) is 30.3 Å². The highest BCUT2D eigenvalue weighted by Gasteiger charge is 2.04. The van der Waals surface area contributed by atoms with E-state index in [1.54, 1.807) is 0 Å². The van der Waals surface area contributed by atoms with Crippen LogP contribution in [0.25, 0.3) is 0 Å². The van der Waals surface area contributed by atoms with Gasteiger partial charge in [-0.05, 0) is 18.6 Å². The molecule has 18 heavy (non-hydrogen) atoms. The quantitative estimate of drug-likeness (QED) is 0.730. The molecule has 0 aliphatic carbocycles. The lowest BCUT2D eigenvalue weighted by Crippen LogP contribution is -2.07. The maximum atomic E-state index is 8.78. The van der Waals surface area contributed by atoms with Crippen LogP contribution in [-0.2, 0) is 6.42 Å². The number of rotatable bonds is 5. The van der Waals surface area contributed by atoms with Gasteiger partial charge < -0.3 is 16.2 Å². The van der Waals surface area contributed by atoms with Crippen molar-refractivity contribution in [3.63, 3.8) is 0 Å². The molecule has 4 N–H and O–H groups in total. The summed E-state index contributed by atoms with van der Waals surface area (Å²) < 4.78 is 0. The summed E-state index contributed by atoms with van der Waals surface area (Å²) in [6.45, 7) is 0.104. The zero-order valence-electron chi connectivity index (χ0n) is 9.87. The van der Waals surface area contributed by atoms with E-state index in [4.69, 9.17) is 10.8 Å². The Balaban J connectivity index is 2.15. The highest BCUT2D eigenvalue weighted by Crippen LogP contribution is 2.12. The van der Waals surface area contributed by atoms with Gasteiger partial charge in [0, 0.05) is 18.7 Å². The Kier molecular flexibility index (Phi) is 4.03. The van der Waals surface area contributed by atoms with Crippen molar-refractivity contribution in [2.24, 2.45) is 0 Å². The van der Waals surface area contributed by atoms with E-state index < -0.39 is 0 Å². The Bertz CT molecular complexity index is 503. The van der Waals surface area contributed by atoms with E-state index >= 15 is 0 Å². The molecule has 0 saturated carbocycles. The third-order valence-corrected chi connectivity index (χ3v) is 2.29. The third kappa shape index (κ3) is 3.39.